The van der Waals surface area contributed by atoms with Crippen molar-refractivity contribution in [2.24, 2.45) is 0 Å². The zero-order valence-corrected chi connectivity index (χ0v) is 24.3. The first kappa shape index (κ1) is 24.4. The first-order valence-corrected chi connectivity index (χ1v) is 15.4. The smallest absolute Gasteiger partial charge is 0.136 e. The molecule has 0 aliphatic carbocycles. The van der Waals surface area contributed by atoms with Crippen molar-refractivity contribution in [3.8, 4) is 22.5 Å². The van der Waals surface area contributed by atoms with E-state index in [9.17, 15) is 0 Å². The Morgan fingerprint density at radius 1 is 0.356 bits per heavy atom. The fourth-order valence-electron chi connectivity index (χ4n) is 7.44. The second-order valence-electron chi connectivity index (χ2n) is 11.7. The normalized spacial score (nSPS) is 12.0. The number of furan rings is 1. The molecule has 0 aliphatic rings. The van der Waals surface area contributed by atoms with Gasteiger partial charge in [-0.25, -0.2) is 0 Å². The van der Waals surface area contributed by atoms with Crippen LogP contribution in [-0.2, 0) is 0 Å². The fraction of sp³-hybridized carbons (Fsp3) is 0. The third-order valence-corrected chi connectivity index (χ3v) is 9.32. The van der Waals surface area contributed by atoms with Crippen LogP contribution in [0.5, 0.6) is 0 Å². The van der Waals surface area contributed by atoms with Crippen molar-refractivity contribution in [1.29, 1.82) is 0 Å². The average molecular weight is 575 g/mol. The van der Waals surface area contributed by atoms with Crippen LogP contribution in [0.1, 0.15) is 0 Å². The summed E-state index contributed by atoms with van der Waals surface area (Å²) in [7, 11) is 0. The van der Waals surface area contributed by atoms with E-state index in [1.165, 1.54) is 54.7 Å². The lowest BCUT2D eigenvalue weighted by molar-refractivity contribution is 0.669. The number of nitrogens with zero attached hydrogens (tertiary/aromatic N) is 2. The van der Waals surface area contributed by atoms with Gasteiger partial charge in [0.1, 0.15) is 11.2 Å². The van der Waals surface area contributed by atoms with Crippen LogP contribution in [0, 0.1) is 0 Å². The quantitative estimate of drug-likeness (QED) is 0.206. The van der Waals surface area contributed by atoms with Gasteiger partial charge in [0.25, 0.3) is 0 Å². The molecule has 210 valence electrons. The number of rotatable bonds is 3. The van der Waals surface area contributed by atoms with Crippen molar-refractivity contribution in [3.63, 3.8) is 0 Å². The van der Waals surface area contributed by atoms with E-state index in [2.05, 4.69) is 155 Å². The molecule has 3 nitrogen and oxygen atoms in total. The topological polar surface area (TPSA) is 23.0 Å². The summed E-state index contributed by atoms with van der Waals surface area (Å²) in [6.45, 7) is 0. The predicted molar refractivity (Wildman–Crippen MR) is 188 cm³/mol. The van der Waals surface area contributed by atoms with Gasteiger partial charge in [0.05, 0.1) is 22.1 Å². The molecule has 0 atom stereocenters. The van der Waals surface area contributed by atoms with Crippen molar-refractivity contribution >= 4 is 65.6 Å². The summed E-state index contributed by atoms with van der Waals surface area (Å²) >= 11 is 0. The van der Waals surface area contributed by atoms with Crippen LogP contribution in [0.4, 0.5) is 0 Å². The molecule has 0 spiro atoms. The number of para-hydroxylation sites is 4. The zero-order valence-electron chi connectivity index (χ0n) is 24.3. The van der Waals surface area contributed by atoms with Crippen molar-refractivity contribution in [2.45, 2.75) is 0 Å². The second kappa shape index (κ2) is 9.22. The van der Waals surface area contributed by atoms with Crippen LogP contribution >= 0.6 is 0 Å². The van der Waals surface area contributed by atoms with Gasteiger partial charge in [-0.3, -0.25) is 0 Å². The Kier molecular flexibility index (Phi) is 5.00. The van der Waals surface area contributed by atoms with E-state index in [-0.39, 0.29) is 0 Å². The maximum absolute atomic E-state index is 6.20. The minimum absolute atomic E-state index is 0.914. The summed E-state index contributed by atoms with van der Waals surface area (Å²) in [5.74, 6) is 0. The van der Waals surface area contributed by atoms with Crippen LogP contribution < -0.4 is 0 Å². The summed E-state index contributed by atoms with van der Waals surface area (Å²) in [5, 5.41) is 7.33. The largest absolute Gasteiger partial charge is 0.456 e. The molecule has 10 rings (SSSR count). The van der Waals surface area contributed by atoms with Gasteiger partial charge >= 0.3 is 0 Å². The summed E-state index contributed by atoms with van der Waals surface area (Å²) in [5.41, 5.74) is 11.3. The van der Waals surface area contributed by atoms with Gasteiger partial charge in [0.15, 0.2) is 0 Å². The molecule has 3 heterocycles. The number of fused-ring (bicyclic) bond motifs is 10. The van der Waals surface area contributed by atoms with E-state index < -0.39 is 0 Å². The maximum atomic E-state index is 6.20. The molecule has 3 aromatic heterocycles. The minimum Gasteiger partial charge on any atom is -0.456 e. The first-order valence-electron chi connectivity index (χ1n) is 15.4. The van der Waals surface area contributed by atoms with Gasteiger partial charge in [-0.15, -0.1) is 0 Å². The first-order chi connectivity index (χ1) is 22.3. The van der Waals surface area contributed by atoms with E-state index >= 15 is 0 Å². The summed E-state index contributed by atoms with van der Waals surface area (Å²) < 4.78 is 11.0. The van der Waals surface area contributed by atoms with Crippen molar-refractivity contribution in [3.05, 3.63) is 158 Å². The van der Waals surface area contributed by atoms with Gasteiger partial charge < -0.3 is 13.6 Å². The molecule has 0 radical (unpaired) electrons. The SMILES string of the molecule is c1ccc(-n2c3ccccc3c3c2ccc2c4ccccc4n(-c4ccc(-c5cccc6oc7ccccc7c56)cc4)c23)cc1. The van der Waals surface area contributed by atoms with Crippen LogP contribution in [0.2, 0.25) is 0 Å². The molecule has 0 amide bonds. The van der Waals surface area contributed by atoms with Crippen LogP contribution in [0.15, 0.2) is 162 Å². The number of benzene rings is 7. The Labute approximate surface area is 258 Å². The van der Waals surface area contributed by atoms with Gasteiger partial charge in [0, 0.05) is 43.7 Å². The van der Waals surface area contributed by atoms with Crippen LogP contribution in [0.3, 0.4) is 0 Å². The van der Waals surface area contributed by atoms with E-state index in [4.69, 9.17) is 4.42 Å². The molecule has 0 aliphatic heterocycles. The monoisotopic (exact) mass is 574 g/mol. The Hall–Kier alpha value is -6.06. The van der Waals surface area contributed by atoms with Crippen molar-refractivity contribution in [1.82, 2.24) is 9.13 Å². The van der Waals surface area contributed by atoms with Crippen molar-refractivity contribution < 1.29 is 4.42 Å². The molecule has 45 heavy (non-hydrogen) atoms. The van der Waals surface area contributed by atoms with Gasteiger partial charge in [-0.05, 0) is 65.7 Å². The highest BCUT2D eigenvalue weighted by molar-refractivity contribution is 6.26. The highest BCUT2D eigenvalue weighted by Crippen LogP contribution is 2.42. The average Bonchev–Trinajstić information content (AvgIpc) is 3.76. The zero-order chi connectivity index (χ0) is 29.5. The molecule has 0 saturated carbocycles. The highest BCUT2D eigenvalue weighted by atomic mass is 16.3. The molecule has 0 N–H and O–H groups in total. The van der Waals surface area contributed by atoms with Crippen LogP contribution in [-0.4, -0.2) is 9.13 Å². The molecule has 7 aromatic carbocycles. The number of hydrogen-bond acceptors (Lipinski definition) is 1. The molecule has 3 heteroatoms. The number of aromatic nitrogens is 2. The van der Waals surface area contributed by atoms with E-state index in [0.717, 1.165) is 33.3 Å². The van der Waals surface area contributed by atoms with Gasteiger partial charge in [-0.1, -0.05) is 103 Å². The summed E-state index contributed by atoms with van der Waals surface area (Å²) in [6.07, 6.45) is 0. The minimum atomic E-state index is 0.914. The predicted octanol–water partition coefficient (Wildman–Crippen LogP) is 11.4. The van der Waals surface area contributed by atoms with Crippen LogP contribution in [0.25, 0.3) is 88.1 Å². The third-order valence-electron chi connectivity index (χ3n) is 9.32. The molecule has 0 unspecified atom stereocenters. The highest BCUT2D eigenvalue weighted by Gasteiger charge is 2.21. The molecular formula is C42H26N2O. The van der Waals surface area contributed by atoms with Crippen molar-refractivity contribution in [2.75, 3.05) is 0 Å². The van der Waals surface area contributed by atoms with Gasteiger partial charge in [-0.2, -0.15) is 0 Å². The Bertz CT molecular complexity index is 2740. The summed E-state index contributed by atoms with van der Waals surface area (Å²) in [4.78, 5) is 0. The number of hydrogen-bond donors (Lipinski definition) is 0. The molecule has 10 aromatic rings. The Morgan fingerprint density at radius 2 is 1.00 bits per heavy atom. The molecule has 0 fully saturated rings. The molecule has 0 saturated heterocycles. The lowest BCUT2D eigenvalue weighted by Crippen LogP contribution is -1.95. The maximum Gasteiger partial charge on any atom is 0.136 e. The standard InChI is InChI=1S/C42H26N2O/c1-2-11-28(12-3-1)43-36-18-8-5-14-33(36)41-37(43)26-25-32-31-13-4-7-17-35(31)44(42(32)41)29-23-21-27(22-24-29)30-16-10-20-39-40(30)34-15-6-9-19-38(34)45-39/h1-26H. The molecular weight excluding hydrogens is 548 g/mol. The van der Waals surface area contributed by atoms with E-state index in [1.807, 2.05) is 12.1 Å². The Balaban J connectivity index is 1.26. The van der Waals surface area contributed by atoms with Gasteiger partial charge in [0.2, 0.25) is 0 Å². The van der Waals surface area contributed by atoms with E-state index in [1.54, 1.807) is 0 Å². The summed E-state index contributed by atoms with van der Waals surface area (Å²) in [6, 6.07) is 56.5. The fourth-order valence-corrected chi connectivity index (χ4v) is 7.44. The second-order valence-corrected chi connectivity index (χ2v) is 11.7. The Morgan fingerprint density at radius 3 is 1.82 bits per heavy atom. The lowest BCUT2D eigenvalue weighted by atomic mass is 9.99. The molecule has 0 bridgehead atoms. The lowest BCUT2D eigenvalue weighted by Gasteiger charge is -2.11. The third kappa shape index (κ3) is 3.41. The van der Waals surface area contributed by atoms with E-state index in [0.29, 0.717) is 0 Å².